The van der Waals surface area contributed by atoms with Crippen molar-refractivity contribution >= 4 is 5.97 Å². The van der Waals surface area contributed by atoms with E-state index in [1.165, 1.54) is 12.7 Å². The van der Waals surface area contributed by atoms with Crippen molar-refractivity contribution in [1.82, 2.24) is 4.90 Å². The molecule has 0 amide bonds. The molecule has 1 heterocycles. The van der Waals surface area contributed by atoms with Crippen molar-refractivity contribution < 1.29 is 9.53 Å². The molecule has 4 heteroatoms. The third-order valence-electron chi connectivity index (χ3n) is 5.02. The van der Waals surface area contributed by atoms with Crippen LogP contribution in [0.15, 0.2) is 54.6 Å². The minimum Gasteiger partial charge on any atom is -0.465 e. The summed E-state index contributed by atoms with van der Waals surface area (Å²) in [5, 5.41) is 9.93. The summed E-state index contributed by atoms with van der Waals surface area (Å²) in [4.78, 5) is 14.5. The monoisotopic (exact) mass is 334 g/mol. The average molecular weight is 334 g/mol. The Morgan fingerprint density at radius 3 is 2.40 bits per heavy atom. The molecular formula is C21H22N2O2. The van der Waals surface area contributed by atoms with Crippen LogP contribution in [0.3, 0.4) is 0 Å². The fraction of sp³-hybridized carbons (Fsp3) is 0.333. The van der Waals surface area contributed by atoms with Gasteiger partial charge in [-0.3, -0.25) is 4.90 Å². The van der Waals surface area contributed by atoms with E-state index < -0.39 is 5.41 Å². The number of ether oxygens (including phenoxy) is 1. The second kappa shape index (κ2) is 7.50. The van der Waals surface area contributed by atoms with Crippen molar-refractivity contribution in [3.8, 4) is 6.07 Å². The van der Waals surface area contributed by atoms with Gasteiger partial charge in [-0.2, -0.15) is 5.26 Å². The maximum atomic E-state index is 12.1. The number of hydrogen-bond donors (Lipinski definition) is 0. The largest absolute Gasteiger partial charge is 0.465 e. The number of hydrogen-bond acceptors (Lipinski definition) is 4. The zero-order valence-corrected chi connectivity index (χ0v) is 14.4. The molecule has 0 atom stereocenters. The van der Waals surface area contributed by atoms with Gasteiger partial charge in [0.05, 0.1) is 24.2 Å². The number of benzene rings is 2. The predicted octanol–water partition coefficient (Wildman–Crippen LogP) is 3.53. The van der Waals surface area contributed by atoms with Gasteiger partial charge in [-0.05, 0) is 30.0 Å². The lowest BCUT2D eigenvalue weighted by molar-refractivity contribution is 0.0596. The van der Waals surface area contributed by atoms with Crippen LogP contribution < -0.4 is 0 Å². The summed E-state index contributed by atoms with van der Waals surface area (Å²) in [5.41, 5.74) is 1.95. The third kappa shape index (κ3) is 3.57. The zero-order chi connectivity index (χ0) is 17.7. The summed E-state index contributed by atoms with van der Waals surface area (Å²) in [6, 6.07) is 20.2. The molecule has 2 aromatic carbocycles. The molecule has 0 spiro atoms. The van der Waals surface area contributed by atoms with Gasteiger partial charge in [0, 0.05) is 19.6 Å². The average Bonchev–Trinajstić information content (AvgIpc) is 2.69. The normalized spacial score (nSPS) is 16.8. The summed E-state index contributed by atoms with van der Waals surface area (Å²) >= 11 is 0. The number of piperidine rings is 1. The molecule has 0 unspecified atom stereocenters. The minimum absolute atomic E-state index is 0.378. The summed E-state index contributed by atoms with van der Waals surface area (Å²) in [6.07, 6.45) is 1.43. The fourth-order valence-electron chi connectivity index (χ4n) is 3.56. The van der Waals surface area contributed by atoms with Gasteiger partial charge >= 0.3 is 5.97 Å². The number of nitrogens with zero attached hydrogens (tertiary/aromatic N) is 2. The topological polar surface area (TPSA) is 53.3 Å². The Morgan fingerprint density at radius 1 is 1.12 bits per heavy atom. The van der Waals surface area contributed by atoms with Gasteiger partial charge in [0.2, 0.25) is 0 Å². The molecule has 1 aliphatic heterocycles. The van der Waals surface area contributed by atoms with Crippen LogP contribution in [-0.2, 0) is 16.7 Å². The van der Waals surface area contributed by atoms with E-state index >= 15 is 0 Å². The first-order chi connectivity index (χ1) is 12.2. The summed E-state index contributed by atoms with van der Waals surface area (Å²) in [7, 11) is 1.38. The first-order valence-electron chi connectivity index (χ1n) is 8.54. The number of carbonyl (C=O) groups is 1. The van der Waals surface area contributed by atoms with Crippen molar-refractivity contribution in [1.29, 1.82) is 5.26 Å². The smallest absolute Gasteiger partial charge is 0.338 e. The molecule has 2 aromatic rings. The van der Waals surface area contributed by atoms with Gasteiger partial charge in [0.15, 0.2) is 0 Å². The number of rotatable bonds is 4. The Bertz CT molecular complexity index is 772. The maximum Gasteiger partial charge on any atom is 0.338 e. The summed E-state index contributed by atoms with van der Waals surface area (Å²) in [5.74, 6) is -0.378. The van der Waals surface area contributed by atoms with Gasteiger partial charge in [0.1, 0.15) is 0 Å². The quantitative estimate of drug-likeness (QED) is 0.803. The van der Waals surface area contributed by atoms with E-state index in [0.29, 0.717) is 18.4 Å². The van der Waals surface area contributed by atoms with Crippen LogP contribution in [0.2, 0.25) is 0 Å². The summed E-state index contributed by atoms with van der Waals surface area (Å²) < 4.78 is 4.90. The highest BCUT2D eigenvalue weighted by atomic mass is 16.5. The van der Waals surface area contributed by atoms with Gasteiger partial charge < -0.3 is 4.74 Å². The van der Waals surface area contributed by atoms with Crippen LogP contribution in [0.1, 0.15) is 34.3 Å². The van der Waals surface area contributed by atoms with E-state index in [9.17, 15) is 10.1 Å². The van der Waals surface area contributed by atoms with Gasteiger partial charge in [-0.1, -0.05) is 48.5 Å². The van der Waals surface area contributed by atoms with E-state index in [4.69, 9.17) is 4.74 Å². The number of carbonyl (C=O) groups excluding carboxylic acids is 1. The van der Waals surface area contributed by atoms with Crippen LogP contribution in [0.4, 0.5) is 0 Å². The third-order valence-corrected chi connectivity index (χ3v) is 5.02. The molecule has 0 radical (unpaired) electrons. The van der Waals surface area contributed by atoms with Crippen molar-refractivity contribution in [2.75, 3.05) is 20.2 Å². The van der Waals surface area contributed by atoms with Crippen LogP contribution in [0.5, 0.6) is 0 Å². The van der Waals surface area contributed by atoms with E-state index in [2.05, 4.69) is 23.1 Å². The highest BCUT2D eigenvalue weighted by molar-refractivity contribution is 5.91. The van der Waals surface area contributed by atoms with Crippen molar-refractivity contribution in [2.45, 2.75) is 24.8 Å². The molecule has 1 fully saturated rings. The number of methoxy groups -OCH3 is 1. The molecule has 0 saturated carbocycles. The standard InChI is InChI=1S/C21H22N2O2/c1-25-20(24)18-9-5-6-10-19(18)21(16-22)11-13-23(14-12-21)15-17-7-3-2-4-8-17/h2-10H,11-15H2,1H3. The lowest BCUT2D eigenvalue weighted by atomic mass is 9.72. The Labute approximate surface area is 148 Å². The second-order valence-electron chi connectivity index (χ2n) is 6.49. The Morgan fingerprint density at radius 2 is 1.76 bits per heavy atom. The Balaban J connectivity index is 1.79. The van der Waals surface area contributed by atoms with Crippen molar-refractivity contribution in [3.63, 3.8) is 0 Å². The first-order valence-corrected chi connectivity index (χ1v) is 8.54. The predicted molar refractivity (Wildman–Crippen MR) is 96.0 cm³/mol. The second-order valence-corrected chi connectivity index (χ2v) is 6.49. The molecular weight excluding hydrogens is 312 g/mol. The van der Waals surface area contributed by atoms with Crippen molar-refractivity contribution in [2.24, 2.45) is 0 Å². The Hall–Kier alpha value is -2.64. The van der Waals surface area contributed by atoms with Crippen LogP contribution in [-0.4, -0.2) is 31.1 Å². The lowest BCUT2D eigenvalue weighted by Crippen LogP contribution is -2.42. The van der Waals surface area contributed by atoms with E-state index in [1.54, 1.807) is 6.07 Å². The molecule has 1 aliphatic rings. The fourth-order valence-corrected chi connectivity index (χ4v) is 3.56. The van der Waals surface area contributed by atoms with E-state index in [1.807, 2.05) is 36.4 Å². The molecule has 25 heavy (non-hydrogen) atoms. The molecule has 128 valence electrons. The van der Waals surface area contributed by atoms with Crippen LogP contribution >= 0.6 is 0 Å². The molecule has 0 aromatic heterocycles. The SMILES string of the molecule is COC(=O)c1ccccc1C1(C#N)CCN(Cc2ccccc2)CC1. The highest BCUT2D eigenvalue weighted by Gasteiger charge is 2.39. The summed E-state index contributed by atoms with van der Waals surface area (Å²) in [6.45, 7) is 2.55. The molecule has 4 nitrogen and oxygen atoms in total. The Kier molecular flexibility index (Phi) is 5.16. The zero-order valence-electron chi connectivity index (χ0n) is 14.4. The highest BCUT2D eigenvalue weighted by Crippen LogP contribution is 2.37. The van der Waals surface area contributed by atoms with Crippen LogP contribution in [0, 0.1) is 11.3 Å². The van der Waals surface area contributed by atoms with E-state index in [0.717, 1.165) is 25.2 Å². The van der Waals surface area contributed by atoms with E-state index in [-0.39, 0.29) is 5.97 Å². The minimum atomic E-state index is -0.627. The number of nitriles is 1. The van der Waals surface area contributed by atoms with Crippen LogP contribution in [0.25, 0.3) is 0 Å². The lowest BCUT2D eigenvalue weighted by Gasteiger charge is -2.38. The van der Waals surface area contributed by atoms with Gasteiger partial charge in [0.25, 0.3) is 0 Å². The first kappa shape index (κ1) is 17.2. The maximum absolute atomic E-state index is 12.1. The number of esters is 1. The molecule has 0 aliphatic carbocycles. The van der Waals surface area contributed by atoms with Gasteiger partial charge in [-0.25, -0.2) is 4.79 Å². The molecule has 0 N–H and O–H groups in total. The molecule has 1 saturated heterocycles. The number of likely N-dealkylation sites (tertiary alicyclic amines) is 1. The van der Waals surface area contributed by atoms with Crippen molar-refractivity contribution in [3.05, 3.63) is 71.3 Å². The van der Waals surface area contributed by atoms with Gasteiger partial charge in [-0.15, -0.1) is 0 Å². The molecule has 0 bridgehead atoms. The molecule has 3 rings (SSSR count).